The zero-order chi connectivity index (χ0) is 11.1. The molecule has 0 spiro atoms. The van der Waals surface area contributed by atoms with Crippen molar-refractivity contribution < 1.29 is 17.9 Å². The number of ether oxygens (including phenoxy) is 1. The fourth-order valence-electron chi connectivity index (χ4n) is 0.644. The van der Waals surface area contributed by atoms with Crippen molar-refractivity contribution in [2.24, 2.45) is 0 Å². The Balaban J connectivity index is 0.000000791. The molecule has 0 saturated carbocycles. The van der Waals surface area contributed by atoms with Gasteiger partial charge in [-0.2, -0.15) is 18.2 Å². The van der Waals surface area contributed by atoms with Gasteiger partial charge in [0.25, 0.3) is 0 Å². The number of hydrogen-bond acceptors (Lipinski definition) is 2. The van der Waals surface area contributed by atoms with Crippen molar-refractivity contribution in [2.75, 3.05) is 0 Å². The normalized spacial score (nSPS) is 9.36. The third kappa shape index (κ3) is 4.11. The number of halogens is 3. The molecule has 1 rings (SSSR count). The van der Waals surface area contributed by atoms with E-state index in [9.17, 15) is 13.2 Å². The average molecular weight is 207 g/mol. The molecule has 0 aliphatic carbocycles. The van der Waals surface area contributed by atoms with Gasteiger partial charge in [0.2, 0.25) is 11.8 Å². The van der Waals surface area contributed by atoms with E-state index in [2.05, 4.69) is 9.72 Å². The fraction of sp³-hybridized carbons (Fsp3) is 0.444. The number of nitrogens with zero attached hydrogens (tertiary/aromatic N) is 1. The van der Waals surface area contributed by atoms with Gasteiger partial charge in [0, 0.05) is 11.6 Å². The predicted molar refractivity (Wildman–Crippen MR) is 46.9 cm³/mol. The van der Waals surface area contributed by atoms with Gasteiger partial charge in [0.15, 0.2) is 0 Å². The van der Waals surface area contributed by atoms with Crippen LogP contribution in [0.25, 0.3) is 0 Å². The van der Waals surface area contributed by atoms with Gasteiger partial charge in [-0.3, -0.25) is 0 Å². The lowest BCUT2D eigenvalue weighted by Gasteiger charge is -2.03. The average Bonchev–Trinajstić information content (AvgIpc) is 2.14. The summed E-state index contributed by atoms with van der Waals surface area (Å²) in [5.74, 6) is -1.21. The molecule has 0 aliphatic rings. The molecule has 0 aliphatic heterocycles. The summed E-state index contributed by atoms with van der Waals surface area (Å²) < 4.78 is 39.6. The van der Waals surface area contributed by atoms with E-state index < -0.39 is 18.4 Å². The Kier molecular flexibility index (Phi) is 5.67. The number of rotatable bonds is 2. The minimum Gasteiger partial charge on any atom is -0.417 e. The second-order valence-corrected chi connectivity index (χ2v) is 2.14. The Morgan fingerprint density at radius 1 is 1.29 bits per heavy atom. The smallest absolute Gasteiger partial charge is 0.388 e. The Labute approximate surface area is 80.7 Å². The van der Waals surface area contributed by atoms with Crippen molar-refractivity contribution in [2.45, 2.75) is 27.4 Å². The molecule has 80 valence electrons. The lowest BCUT2D eigenvalue weighted by atomic mass is 10.3. The summed E-state index contributed by atoms with van der Waals surface area (Å²) >= 11 is 0. The van der Waals surface area contributed by atoms with Crippen molar-refractivity contribution in [3.05, 3.63) is 23.6 Å². The third-order valence-electron chi connectivity index (χ3n) is 1.22. The van der Waals surface area contributed by atoms with E-state index >= 15 is 0 Å². The second-order valence-electron chi connectivity index (χ2n) is 2.14. The molecule has 1 heterocycles. The van der Waals surface area contributed by atoms with Gasteiger partial charge in [-0.25, -0.2) is 0 Å². The van der Waals surface area contributed by atoms with Crippen molar-refractivity contribution in [3.63, 3.8) is 0 Å². The lowest BCUT2D eigenvalue weighted by molar-refractivity contribution is -0.0532. The van der Waals surface area contributed by atoms with Crippen LogP contribution in [0.1, 0.15) is 19.4 Å². The van der Waals surface area contributed by atoms with E-state index in [1.807, 2.05) is 13.8 Å². The molecule has 0 saturated heterocycles. The molecule has 0 N–H and O–H groups in total. The molecular weight excluding hydrogens is 195 g/mol. The molecule has 0 unspecified atom stereocenters. The first-order valence-corrected chi connectivity index (χ1v) is 4.17. The highest BCUT2D eigenvalue weighted by molar-refractivity contribution is 5.17. The van der Waals surface area contributed by atoms with Crippen LogP contribution in [0, 0.1) is 12.9 Å². The van der Waals surface area contributed by atoms with Crippen LogP contribution < -0.4 is 4.74 Å². The molecular formula is C9H12F3NO. The first-order chi connectivity index (χ1) is 6.59. The lowest BCUT2D eigenvalue weighted by Crippen LogP contribution is -2.04. The largest absolute Gasteiger partial charge is 0.417 e. The third-order valence-corrected chi connectivity index (χ3v) is 1.22. The summed E-state index contributed by atoms with van der Waals surface area (Å²) in [5.41, 5.74) is 0.289. The molecule has 0 fully saturated rings. The van der Waals surface area contributed by atoms with Crippen molar-refractivity contribution >= 4 is 0 Å². The molecule has 0 aromatic carbocycles. The summed E-state index contributed by atoms with van der Waals surface area (Å²) in [6.45, 7) is 2.51. The van der Waals surface area contributed by atoms with Crippen LogP contribution in [0.4, 0.5) is 13.2 Å². The molecule has 1 aromatic rings. The first-order valence-electron chi connectivity index (χ1n) is 4.17. The summed E-state index contributed by atoms with van der Waals surface area (Å²) in [6.07, 6.45) is 0. The Morgan fingerprint density at radius 2 is 1.86 bits per heavy atom. The van der Waals surface area contributed by atoms with E-state index in [0.717, 1.165) is 0 Å². The highest BCUT2D eigenvalue weighted by atomic mass is 19.3. The second kappa shape index (κ2) is 6.23. The molecule has 0 bridgehead atoms. The van der Waals surface area contributed by atoms with Gasteiger partial charge in [-0.05, 0) is 13.0 Å². The number of aromatic nitrogens is 1. The molecule has 14 heavy (non-hydrogen) atoms. The minimum atomic E-state index is -2.97. The molecule has 0 atom stereocenters. The summed E-state index contributed by atoms with van der Waals surface area (Å²) in [4.78, 5) is 3.14. The molecule has 1 aromatic heterocycles. The van der Waals surface area contributed by atoms with Crippen LogP contribution in [0.5, 0.6) is 5.88 Å². The quantitative estimate of drug-likeness (QED) is 0.695. The van der Waals surface area contributed by atoms with Crippen LogP contribution >= 0.6 is 0 Å². The minimum absolute atomic E-state index is 0.289. The van der Waals surface area contributed by atoms with E-state index in [4.69, 9.17) is 0 Å². The predicted octanol–water partition coefficient (Wildman–Crippen LogP) is 3.16. The maximum Gasteiger partial charge on any atom is 0.388 e. The molecule has 0 radical (unpaired) electrons. The van der Waals surface area contributed by atoms with E-state index in [0.29, 0.717) is 0 Å². The monoisotopic (exact) mass is 207 g/mol. The van der Waals surface area contributed by atoms with Crippen LogP contribution in [0.2, 0.25) is 0 Å². The first kappa shape index (κ1) is 12.7. The SMILES string of the molecule is CC.Cc1ccc(OC(F)F)nc1F. The maximum absolute atomic E-state index is 12.6. The zero-order valence-electron chi connectivity index (χ0n) is 8.22. The number of aryl methyl sites for hydroxylation is 1. The fourth-order valence-corrected chi connectivity index (χ4v) is 0.644. The van der Waals surface area contributed by atoms with Crippen molar-refractivity contribution in [3.8, 4) is 5.88 Å². The van der Waals surface area contributed by atoms with Gasteiger partial charge in [0.1, 0.15) is 0 Å². The van der Waals surface area contributed by atoms with Gasteiger partial charge in [-0.1, -0.05) is 13.8 Å². The van der Waals surface area contributed by atoms with E-state index in [1.165, 1.54) is 19.1 Å². The van der Waals surface area contributed by atoms with Gasteiger partial charge in [-0.15, -0.1) is 0 Å². The summed E-state index contributed by atoms with van der Waals surface area (Å²) in [7, 11) is 0. The van der Waals surface area contributed by atoms with Crippen molar-refractivity contribution in [1.29, 1.82) is 0 Å². The Morgan fingerprint density at radius 3 is 2.29 bits per heavy atom. The Bertz CT molecular complexity index is 279. The van der Waals surface area contributed by atoms with Crippen molar-refractivity contribution in [1.82, 2.24) is 4.98 Å². The Hall–Kier alpha value is -1.26. The molecule has 2 nitrogen and oxygen atoms in total. The van der Waals surface area contributed by atoms with Gasteiger partial charge in [0.05, 0.1) is 0 Å². The number of alkyl halides is 2. The number of pyridine rings is 1. The van der Waals surface area contributed by atoms with E-state index in [-0.39, 0.29) is 5.56 Å². The molecule has 5 heteroatoms. The van der Waals surface area contributed by atoms with Crippen LogP contribution in [0.3, 0.4) is 0 Å². The topological polar surface area (TPSA) is 22.1 Å². The molecule has 0 amide bonds. The zero-order valence-corrected chi connectivity index (χ0v) is 8.22. The van der Waals surface area contributed by atoms with Crippen LogP contribution in [-0.4, -0.2) is 11.6 Å². The van der Waals surface area contributed by atoms with E-state index in [1.54, 1.807) is 0 Å². The van der Waals surface area contributed by atoms with Gasteiger partial charge < -0.3 is 4.74 Å². The summed E-state index contributed by atoms with van der Waals surface area (Å²) in [5, 5.41) is 0. The number of hydrogen-bond donors (Lipinski definition) is 0. The highest BCUT2D eigenvalue weighted by Crippen LogP contribution is 2.12. The highest BCUT2D eigenvalue weighted by Gasteiger charge is 2.07. The summed E-state index contributed by atoms with van der Waals surface area (Å²) in [6, 6.07) is 2.50. The van der Waals surface area contributed by atoms with Crippen LogP contribution in [0.15, 0.2) is 12.1 Å². The standard InChI is InChI=1S/C7H6F3NO.C2H6/c1-4-2-3-5(11-6(4)8)12-7(9)10;1-2/h2-3,7H,1H3;1-2H3. The van der Waals surface area contributed by atoms with Gasteiger partial charge >= 0.3 is 6.61 Å². The van der Waals surface area contributed by atoms with Crippen LogP contribution in [-0.2, 0) is 0 Å². The maximum atomic E-state index is 12.6.